The zero-order chi connectivity index (χ0) is 16.1. The SMILES string of the molecule is CN(C)c1ccc(/C=C/c2nc(C#N)c(C#N)[nH]c2=O)cc1. The molecule has 0 aliphatic carbocycles. The summed E-state index contributed by atoms with van der Waals surface area (Å²) in [6.07, 6.45) is 3.25. The van der Waals surface area contributed by atoms with E-state index in [9.17, 15) is 4.79 Å². The Morgan fingerprint density at radius 1 is 1.14 bits per heavy atom. The quantitative estimate of drug-likeness (QED) is 0.929. The molecule has 1 N–H and O–H groups in total. The van der Waals surface area contributed by atoms with Gasteiger partial charge in [0, 0.05) is 19.8 Å². The fraction of sp³-hybridized carbons (Fsp3) is 0.125. The third-order valence-electron chi connectivity index (χ3n) is 3.00. The molecule has 0 bridgehead atoms. The van der Waals surface area contributed by atoms with Gasteiger partial charge in [0.2, 0.25) is 0 Å². The molecule has 0 amide bonds. The maximum atomic E-state index is 11.8. The van der Waals surface area contributed by atoms with E-state index in [0.717, 1.165) is 11.3 Å². The molecule has 0 aliphatic rings. The zero-order valence-electron chi connectivity index (χ0n) is 12.2. The molecule has 6 nitrogen and oxygen atoms in total. The van der Waals surface area contributed by atoms with E-state index in [1.807, 2.05) is 43.3 Å². The fourth-order valence-electron chi connectivity index (χ4n) is 1.80. The van der Waals surface area contributed by atoms with Crippen LogP contribution in [0.15, 0.2) is 29.1 Å². The number of aromatic nitrogens is 2. The zero-order valence-corrected chi connectivity index (χ0v) is 12.2. The van der Waals surface area contributed by atoms with Crippen LogP contribution >= 0.6 is 0 Å². The standard InChI is InChI=1S/C16H13N5O/c1-21(2)12-6-3-11(4-7-12)5-8-13-16(22)20-15(10-18)14(9-17)19-13/h3-8H,1-2H3,(H,20,22)/b8-5+. The number of nitrogens with zero attached hydrogens (tertiary/aromatic N) is 4. The number of benzene rings is 1. The molecule has 0 radical (unpaired) electrons. The lowest BCUT2D eigenvalue weighted by Crippen LogP contribution is -2.15. The topological polar surface area (TPSA) is 96.6 Å². The third kappa shape index (κ3) is 3.20. The summed E-state index contributed by atoms with van der Waals surface area (Å²) < 4.78 is 0. The molecule has 0 fully saturated rings. The Bertz CT molecular complexity index is 848. The number of hydrogen-bond acceptors (Lipinski definition) is 5. The summed E-state index contributed by atoms with van der Waals surface area (Å²) in [4.78, 5) is 20.0. The van der Waals surface area contributed by atoms with Crippen LogP contribution in [0.1, 0.15) is 22.6 Å². The predicted octanol–water partition coefficient (Wildman–Crippen LogP) is 1.75. The average Bonchev–Trinajstić information content (AvgIpc) is 2.53. The van der Waals surface area contributed by atoms with Crippen LogP contribution in [0.4, 0.5) is 5.69 Å². The Morgan fingerprint density at radius 2 is 1.82 bits per heavy atom. The van der Waals surface area contributed by atoms with E-state index in [2.05, 4.69) is 9.97 Å². The van der Waals surface area contributed by atoms with Crippen molar-refractivity contribution in [3.8, 4) is 12.1 Å². The molecule has 0 saturated carbocycles. The molecule has 0 spiro atoms. The number of aromatic amines is 1. The number of nitriles is 2. The molecule has 1 aromatic heterocycles. The Hall–Kier alpha value is -3.38. The maximum Gasteiger partial charge on any atom is 0.274 e. The number of H-pyrrole nitrogens is 1. The molecule has 1 heterocycles. The molecule has 0 saturated heterocycles. The van der Waals surface area contributed by atoms with Gasteiger partial charge in [-0.05, 0) is 23.8 Å². The van der Waals surface area contributed by atoms with Crippen molar-refractivity contribution in [2.45, 2.75) is 0 Å². The number of hydrogen-bond donors (Lipinski definition) is 1. The van der Waals surface area contributed by atoms with E-state index in [4.69, 9.17) is 10.5 Å². The van der Waals surface area contributed by atoms with Crippen LogP contribution in [-0.2, 0) is 0 Å². The number of nitrogens with one attached hydrogen (secondary N) is 1. The molecule has 22 heavy (non-hydrogen) atoms. The van der Waals surface area contributed by atoms with Crippen LogP contribution in [0.2, 0.25) is 0 Å². The first-order valence-corrected chi connectivity index (χ1v) is 6.45. The van der Waals surface area contributed by atoms with Gasteiger partial charge in [-0.2, -0.15) is 10.5 Å². The third-order valence-corrected chi connectivity index (χ3v) is 3.00. The van der Waals surface area contributed by atoms with Crippen LogP contribution in [-0.4, -0.2) is 24.1 Å². The van der Waals surface area contributed by atoms with Crippen molar-refractivity contribution in [1.29, 1.82) is 10.5 Å². The van der Waals surface area contributed by atoms with Crippen molar-refractivity contribution in [2.24, 2.45) is 0 Å². The van der Waals surface area contributed by atoms with Crippen molar-refractivity contribution in [1.82, 2.24) is 9.97 Å². The molecule has 0 aliphatic heterocycles. The highest BCUT2D eigenvalue weighted by Crippen LogP contribution is 2.13. The number of anilines is 1. The van der Waals surface area contributed by atoms with Gasteiger partial charge in [0.25, 0.3) is 5.56 Å². The van der Waals surface area contributed by atoms with E-state index in [-0.39, 0.29) is 17.1 Å². The second-order valence-corrected chi connectivity index (χ2v) is 4.72. The Kier molecular flexibility index (Phi) is 4.36. The van der Waals surface area contributed by atoms with Gasteiger partial charge in [-0.1, -0.05) is 18.2 Å². The highest BCUT2D eigenvalue weighted by Gasteiger charge is 2.07. The van der Waals surface area contributed by atoms with E-state index in [1.54, 1.807) is 18.2 Å². The summed E-state index contributed by atoms with van der Waals surface area (Å²) in [6, 6.07) is 11.3. The van der Waals surface area contributed by atoms with E-state index in [0.29, 0.717) is 0 Å². The van der Waals surface area contributed by atoms with Gasteiger partial charge in [0.05, 0.1) is 0 Å². The molecule has 0 unspecified atom stereocenters. The van der Waals surface area contributed by atoms with Crippen LogP contribution in [0.3, 0.4) is 0 Å². The van der Waals surface area contributed by atoms with Crippen LogP contribution in [0.25, 0.3) is 12.2 Å². The first kappa shape index (κ1) is 15.0. The fourth-order valence-corrected chi connectivity index (χ4v) is 1.80. The first-order chi connectivity index (χ1) is 10.5. The second kappa shape index (κ2) is 6.38. The van der Waals surface area contributed by atoms with Crippen LogP contribution < -0.4 is 10.5 Å². The van der Waals surface area contributed by atoms with Gasteiger partial charge in [-0.3, -0.25) is 4.79 Å². The minimum Gasteiger partial charge on any atom is -0.378 e. The van der Waals surface area contributed by atoms with Gasteiger partial charge in [-0.25, -0.2) is 4.98 Å². The lowest BCUT2D eigenvalue weighted by molar-refractivity contribution is 1.07. The molecule has 0 atom stereocenters. The molecule has 2 aromatic rings. The summed E-state index contributed by atoms with van der Waals surface area (Å²) >= 11 is 0. The van der Waals surface area contributed by atoms with Crippen LogP contribution in [0.5, 0.6) is 0 Å². The second-order valence-electron chi connectivity index (χ2n) is 4.72. The van der Waals surface area contributed by atoms with Crippen molar-refractivity contribution < 1.29 is 0 Å². The van der Waals surface area contributed by atoms with Crippen molar-refractivity contribution in [3.05, 3.63) is 57.3 Å². The summed E-state index contributed by atoms with van der Waals surface area (Å²) in [5.41, 5.74) is 1.33. The molecule has 2 rings (SSSR count). The van der Waals surface area contributed by atoms with Crippen molar-refractivity contribution in [2.75, 3.05) is 19.0 Å². The Morgan fingerprint density at radius 3 is 2.36 bits per heavy atom. The summed E-state index contributed by atoms with van der Waals surface area (Å²) in [5, 5.41) is 17.7. The van der Waals surface area contributed by atoms with Crippen LogP contribution in [0, 0.1) is 22.7 Å². The maximum absolute atomic E-state index is 11.8. The van der Waals surface area contributed by atoms with Gasteiger partial charge in [0.15, 0.2) is 11.4 Å². The first-order valence-electron chi connectivity index (χ1n) is 6.45. The minimum atomic E-state index is -0.503. The monoisotopic (exact) mass is 291 g/mol. The summed E-state index contributed by atoms with van der Waals surface area (Å²) in [7, 11) is 3.91. The smallest absolute Gasteiger partial charge is 0.274 e. The molecular weight excluding hydrogens is 278 g/mol. The minimum absolute atomic E-state index is 0.0900. The van der Waals surface area contributed by atoms with Gasteiger partial charge in [-0.15, -0.1) is 0 Å². The normalized spacial score (nSPS) is 10.2. The van der Waals surface area contributed by atoms with E-state index in [1.165, 1.54) is 6.08 Å². The van der Waals surface area contributed by atoms with Gasteiger partial charge < -0.3 is 9.88 Å². The van der Waals surface area contributed by atoms with E-state index >= 15 is 0 Å². The Balaban J connectivity index is 2.33. The summed E-state index contributed by atoms with van der Waals surface area (Å²) in [5.74, 6) is 0. The Labute approximate surface area is 127 Å². The molecule has 108 valence electrons. The van der Waals surface area contributed by atoms with Crippen molar-refractivity contribution >= 4 is 17.8 Å². The van der Waals surface area contributed by atoms with Gasteiger partial charge >= 0.3 is 0 Å². The average molecular weight is 291 g/mol. The lowest BCUT2D eigenvalue weighted by Gasteiger charge is -2.11. The number of rotatable bonds is 3. The summed E-state index contributed by atoms with van der Waals surface area (Å²) in [6.45, 7) is 0. The molecule has 6 heteroatoms. The lowest BCUT2D eigenvalue weighted by atomic mass is 10.1. The highest BCUT2D eigenvalue weighted by molar-refractivity contribution is 5.69. The van der Waals surface area contributed by atoms with Crippen molar-refractivity contribution in [3.63, 3.8) is 0 Å². The highest BCUT2D eigenvalue weighted by atomic mass is 16.1. The largest absolute Gasteiger partial charge is 0.378 e. The molecular formula is C16H13N5O. The van der Waals surface area contributed by atoms with Gasteiger partial charge in [0.1, 0.15) is 17.8 Å². The van der Waals surface area contributed by atoms with E-state index < -0.39 is 5.56 Å². The predicted molar refractivity (Wildman–Crippen MR) is 84.0 cm³/mol. The molecule has 1 aromatic carbocycles.